The van der Waals surface area contributed by atoms with E-state index >= 15 is 0 Å². The van der Waals surface area contributed by atoms with E-state index in [9.17, 15) is 4.79 Å². The van der Waals surface area contributed by atoms with Crippen molar-refractivity contribution in [1.29, 1.82) is 0 Å². The molecular formula is C26H40N6O. The highest BCUT2D eigenvalue weighted by Gasteiger charge is 2.30. The van der Waals surface area contributed by atoms with Crippen LogP contribution < -0.4 is 4.90 Å². The fourth-order valence-electron chi connectivity index (χ4n) is 5.07. The van der Waals surface area contributed by atoms with Crippen LogP contribution in [0, 0.1) is 5.92 Å². The molecule has 4 rings (SSSR count). The number of aromatic nitrogens is 3. The highest BCUT2D eigenvalue weighted by atomic mass is 16.2. The van der Waals surface area contributed by atoms with Crippen molar-refractivity contribution < 1.29 is 4.79 Å². The monoisotopic (exact) mass is 452 g/mol. The summed E-state index contributed by atoms with van der Waals surface area (Å²) in [6.07, 6.45) is 4.13. The Morgan fingerprint density at radius 1 is 1.12 bits per heavy atom. The fourth-order valence-corrected chi connectivity index (χ4v) is 5.07. The number of nitrogens with zero attached hydrogens (tertiary/aromatic N) is 6. The van der Waals surface area contributed by atoms with Crippen LogP contribution in [0.3, 0.4) is 0 Å². The van der Waals surface area contributed by atoms with Crippen LogP contribution in [0.1, 0.15) is 69.6 Å². The van der Waals surface area contributed by atoms with Crippen molar-refractivity contribution in [2.75, 3.05) is 50.7 Å². The summed E-state index contributed by atoms with van der Waals surface area (Å²) in [4.78, 5) is 24.8. The first-order chi connectivity index (χ1) is 15.7. The standard InChI is InChI=1S/C26H40N6O/c1-20(2)23-17-22(28-32(23)26(3,4)5)25(33)31-12-8-9-21(19-31)18-29-13-15-30(16-14-29)24-10-6-7-11-27-24/h6-7,10-11,17,20-21H,8-9,12-16,18-19H2,1-5H3. The minimum absolute atomic E-state index is 0.0876. The third-order valence-electron chi connectivity index (χ3n) is 6.85. The van der Waals surface area contributed by atoms with E-state index in [4.69, 9.17) is 5.10 Å². The number of carbonyl (C=O) groups is 1. The maximum atomic E-state index is 13.4. The van der Waals surface area contributed by atoms with Gasteiger partial charge >= 0.3 is 0 Å². The Hall–Kier alpha value is -2.41. The van der Waals surface area contributed by atoms with Crippen molar-refractivity contribution in [2.24, 2.45) is 5.92 Å². The molecule has 1 unspecified atom stereocenters. The molecule has 4 heterocycles. The van der Waals surface area contributed by atoms with Gasteiger partial charge in [0.25, 0.3) is 5.91 Å². The van der Waals surface area contributed by atoms with Gasteiger partial charge in [-0.05, 0) is 63.6 Å². The summed E-state index contributed by atoms with van der Waals surface area (Å²) in [5.74, 6) is 2.02. The molecule has 7 nitrogen and oxygen atoms in total. The predicted molar refractivity (Wildman–Crippen MR) is 133 cm³/mol. The summed E-state index contributed by atoms with van der Waals surface area (Å²) in [6, 6.07) is 8.12. The molecule has 0 radical (unpaired) electrons. The Balaban J connectivity index is 1.35. The minimum Gasteiger partial charge on any atom is -0.354 e. The zero-order chi connectivity index (χ0) is 23.6. The summed E-state index contributed by atoms with van der Waals surface area (Å²) in [6.45, 7) is 17.6. The molecule has 2 aliphatic rings. The van der Waals surface area contributed by atoms with Gasteiger partial charge in [0, 0.05) is 57.7 Å². The van der Waals surface area contributed by atoms with Crippen LogP contribution in [0.15, 0.2) is 30.5 Å². The first-order valence-corrected chi connectivity index (χ1v) is 12.5. The Morgan fingerprint density at radius 3 is 2.48 bits per heavy atom. The molecule has 0 saturated carbocycles. The summed E-state index contributed by atoms with van der Waals surface area (Å²) in [5, 5.41) is 4.76. The van der Waals surface area contributed by atoms with Crippen molar-refractivity contribution in [3.05, 3.63) is 41.9 Å². The largest absolute Gasteiger partial charge is 0.354 e. The summed E-state index contributed by atoms with van der Waals surface area (Å²) < 4.78 is 2.04. The Labute approximate surface area is 198 Å². The van der Waals surface area contributed by atoms with Gasteiger partial charge in [0.15, 0.2) is 5.69 Å². The Kier molecular flexibility index (Phi) is 7.07. The van der Waals surface area contributed by atoms with E-state index < -0.39 is 0 Å². The molecule has 1 atom stereocenters. The number of amides is 1. The number of rotatable bonds is 5. The van der Waals surface area contributed by atoms with Gasteiger partial charge < -0.3 is 9.80 Å². The molecule has 0 aromatic carbocycles. The second kappa shape index (κ2) is 9.84. The summed E-state index contributed by atoms with van der Waals surface area (Å²) in [7, 11) is 0. The topological polar surface area (TPSA) is 57.5 Å². The van der Waals surface area contributed by atoms with Gasteiger partial charge in [-0.25, -0.2) is 4.98 Å². The first kappa shape index (κ1) is 23.7. The molecule has 2 aromatic heterocycles. The van der Waals surface area contributed by atoms with Crippen LogP contribution in [0.5, 0.6) is 0 Å². The second-order valence-corrected chi connectivity index (χ2v) is 10.9. The van der Waals surface area contributed by atoms with E-state index in [1.54, 1.807) is 0 Å². The average molecular weight is 453 g/mol. The van der Waals surface area contributed by atoms with E-state index in [1.165, 1.54) is 6.42 Å². The smallest absolute Gasteiger partial charge is 0.274 e. The molecule has 2 aromatic rings. The molecular weight excluding hydrogens is 412 g/mol. The zero-order valence-corrected chi connectivity index (χ0v) is 21.0. The molecule has 2 fully saturated rings. The van der Waals surface area contributed by atoms with Crippen molar-refractivity contribution in [3.8, 4) is 0 Å². The number of piperidine rings is 1. The lowest BCUT2D eigenvalue weighted by molar-refractivity contribution is 0.0630. The SMILES string of the molecule is CC(C)c1cc(C(=O)N2CCCC(CN3CCN(c4ccccn4)CC3)C2)nn1C(C)(C)C. The van der Waals surface area contributed by atoms with Gasteiger partial charge in [-0.2, -0.15) is 5.10 Å². The molecule has 33 heavy (non-hydrogen) atoms. The second-order valence-electron chi connectivity index (χ2n) is 10.9. The minimum atomic E-state index is -0.139. The van der Waals surface area contributed by atoms with E-state index in [0.29, 0.717) is 17.5 Å². The first-order valence-electron chi connectivity index (χ1n) is 12.5. The number of hydrogen-bond acceptors (Lipinski definition) is 5. The van der Waals surface area contributed by atoms with Gasteiger partial charge in [0.2, 0.25) is 0 Å². The molecule has 0 aliphatic carbocycles. The molecule has 1 amide bonds. The van der Waals surface area contributed by atoms with E-state index in [-0.39, 0.29) is 11.4 Å². The lowest BCUT2D eigenvalue weighted by Gasteiger charge is -2.39. The molecule has 2 saturated heterocycles. The van der Waals surface area contributed by atoms with Gasteiger partial charge in [0.05, 0.1) is 5.54 Å². The van der Waals surface area contributed by atoms with E-state index in [2.05, 4.69) is 61.5 Å². The highest BCUT2D eigenvalue weighted by molar-refractivity contribution is 5.92. The zero-order valence-electron chi connectivity index (χ0n) is 21.0. The number of pyridine rings is 1. The molecule has 0 N–H and O–H groups in total. The number of hydrogen-bond donors (Lipinski definition) is 0. The van der Waals surface area contributed by atoms with Crippen molar-refractivity contribution in [1.82, 2.24) is 24.6 Å². The third kappa shape index (κ3) is 5.57. The lowest BCUT2D eigenvalue weighted by atomic mass is 9.96. The van der Waals surface area contributed by atoms with Crippen molar-refractivity contribution in [2.45, 2.75) is 58.9 Å². The summed E-state index contributed by atoms with van der Waals surface area (Å²) in [5.41, 5.74) is 1.59. The molecule has 2 aliphatic heterocycles. The van der Waals surface area contributed by atoms with Gasteiger partial charge in [-0.3, -0.25) is 14.4 Å². The van der Waals surface area contributed by atoms with Crippen molar-refractivity contribution >= 4 is 11.7 Å². The van der Waals surface area contributed by atoms with Crippen LogP contribution in [-0.2, 0) is 5.54 Å². The number of likely N-dealkylation sites (tertiary alicyclic amines) is 1. The number of carbonyl (C=O) groups excluding carboxylic acids is 1. The normalized spacial score (nSPS) is 20.5. The van der Waals surface area contributed by atoms with Crippen LogP contribution in [-0.4, -0.2) is 76.3 Å². The number of piperazine rings is 1. The van der Waals surface area contributed by atoms with Crippen LogP contribution >= 0.6 is 0 Å². The maximum Gasteiger partial charge on any atom is 0.274 e. The van der Waals surface area contributed by atoms with Gasteiger partial charge in [-0.15, -0.1) is 0 Å². The third-order valence-corrected chi connectivity index (χ3v) is 6.85. The Morgan fingerprint density at radius 2 is 1.88 bits per heavy atom. The molecule has 7 heteroatoms. The lowest BCUT2D eigenvalue weighted by Crippen LogP contribution is -2.50. The fraction of sp³-hybridized carbons (Fsp3) is 0.654. The van der Waals surface area contributed by atoms with Gasteiger partial charge in [-0.1, -0.05) is 19.9 Å². The van der Waals surface area contributed by atoms with E-state index in [0.717, 1.165) is 63.7 Å². The summed E-state index contributed by atoms with van der Waals surface area (Å²) >= 11 is 0. The highest BCUT2D eigenvalue weighted by Crippen LogP contribution is 2.26. The Bertz CT molecular complexity index is 924. The quantitative estimate of drug-likeness (QED) is 0.690. The maximum absolute atomic E-state index is 13.4. The average Bonchev–Trinajstić information content (AvgIpc) is 3.27. The molecule has 0 bridgehead atoms. The molecule has 180 valence electrons. The number of anilines is 1. The van der Waals surface area contributed by atoms with Gasteiger partial charge in [0.1, 0.15) is 5.82 Å². The van der Waals surface area contributed by atoms with E-state index in [1.807, 2.05) is 27.9 Å². The molecule has 0 spiro atoms. The van der Waals surface area contributed by atoms with Crippen LogP contribution in [0.4, 0.5) is 5.82 Å². The van der Waals surface area contributed by atoms with Crippen LogP contribution in [0.2, 0.25) is 0 Å². The van der Waals surface area contributed by atoms with Crippen LogP contribution in [0.25, 0.3) is 0 Å². The van der Waals surface area contributed by atoms with Crippen molar-refractivity contribution in [3.63, 3.8) is 0 Å². The predicted octanol–water partition coefficient (Wildman–Crippen LogP) is 3.83.